The highest BCUT2D eigenvalue weighted by atomic mass is 16.5. The summed E-state index contributed by atoms with van der Waals surface area (Å²) in [7, 11) is 3.07. The maximum atomic E-state index is 10.9. The standard InChI is InChI=1S/C9H14N2O3/c1-6-4-7(10-11(6)2)8(12)5-9(13)14-3/h4,8,12H,5H2,1-3H3. The molecule has 0 aliphatic heterocycles. The Morgan fingerprint density at radius 2 is 2.43 bits per heavy atom. The van der Waals surface area contributed by atoms with Crippen LogP contribution in [0.4, 0.5) is 0 Å². The van der Waals surface area contributed by atoms with E-state index in [9.17, 15) is 9.90 Å². The Hall–Kier alpha value is -1.36. The van der Waals surface area contributed by atoms with Crippen molar-refractivity contribution in [2.75, 3.05) is 7.11 Å². The van der Waals surface area contributed by atoms with E-state index in [2.05, 4.69) is 9.84 Å². The molecule has 0 spiro atoms. The van der Waals surface area contributed by atoms with Crippen LogP contribution in [-0.2, 0) is 16.6 Å². The number of aromatic nitrogens is 2. The molecule has 1 unspecified atom stereocenters. The molecule has 0 fully saturated rings. The summed E-state index contributed by atoms with van der Waals surface area (Å²) in [6.07, 6.45) is -0.949. The van der Waals surface area contributed by atoms with Crippen LogP contribution in [0.5, 0.6) is 0 Å². The highest BCUT2D eigenvalue weighted by Crippen LogP contribution is 2.16. The van der Waals surface area contributed by atoms with Crippen LogP contribution in [0.15, 0.2) is 6.07 Å². The SMILES string of the molecule is COC(=O)CC(O)c1cc(C)n(C)n1. The summed E-state index contributed by atoms with van der Waals surface area (Å²) in [6.45, 7) is 1.88. The number of carbonyl (C=O) groups excluding carboxylic acids is 1. The molecule has 1 atom stereocenters. The van der Waals surface area contributed by atoms with Crippen molar-refractivity contribution >= 4 is 5.97 Å². The maximum absolute atomic E-state index is 10.9. The first kappa shape index (κ1) is 10.7. The number of aliphatic hydroxyl groups is 1. The summed E-state index contributed by atoms with van der Waals surface area (Å²) >= 11 is 0. The van der Waals surface area contributed by atoms with Crippen LogP contribution in [0.25, 0.3) is 0 Å². The monoisotopic (exact) mass is 198 g/mol. The number of aryl methyl sites for hydroxylation is 2. The fraction of sp³-hybridized carbons (Fsp3) is 0.556. The van der Waals surface area contributed by atoms with Gasteiger partial charge in [0.15, 0.2) is 0 Å². The van der Waals surface area contributed by atoms with Crippen LogP contribution in [0.1, 0.15) is 23.9 Å². The number of hydrogen-bond donors (Lipinski definition) is 1. The fourth-order valence-electron chi connectivity index (χ4n) is 1.10. The molecule has 5 heteroatoms. The molecule has 0 bridgehead atoms. The van der Waals surface area contributed by atoms with Gasteiger partial charge < -0.3 is 9.84 Å². The Kier molecular flexibility index (Phi) is 3.24. The number of rotatable bonds is 3. The number of hydrogen-bond acceptors (Lipinski definition) is 4. The van der Waals surface area contributed by atoms with Crippen LogP contribution in [-0.4, -0.2) is 28.0 Å². The van der Waals surface area contributed by atoms with E-state index in [1.807, 2.05) is 6.92 Å². The quantitative estimate of drug-likeness (QED) is 0.710. The minimum atomic E-state index is -0.887. The smallest absolute Gasteiger partial charge is 0.308 e. The van der Waals surface area contributed by atoms with E-state index in [1.165, 1.54) is 7.11 Å². The van der Waals surface area contributed by atoms with Crippen molar-refractivity contribution in [1.82, 2.24) is 9.78 Å². The number of aliphatic hydroxyl groups excluding tert-OH is 1. The topological polar surface area (TPSA) is 64.3 Å². The summed E-state index contributed by atoms with van der Waals surface area (Å²) in [5.41, 5.74) is 1.43. The third kappa shape index (κ3) is 2.32. The molecule has 0 aliphatic carbocycles. The average Bonchev–Trinajstić information content (AvgIpc) is 2.47. The third-order valence-electron chi connectivity index (χ3n) is 2.06. The van der Waals surface area contributed by atoms with Gasteiger partial charge >= 0.3 is 5.97 Å². The summed E-state index contributed by atoms with van der Waals surface area (Å²) in [5, 5.41) is 13.6. The van der Waals surface area contributed by atoms with E-state index in [4.69, 9.17) is 0 Å². The zero-order valence-corrected chi connectivity index (χ0v) is 8.52. The highest BCUT2D eigenvalue weighted by Gasteiger charge is 2.16. The fourth-order valence-corrected chi connectivity index (χ4v) is 1.10. The first-order chi connectivity index (χ1) is 6.54. The summed E-state index contributed by atoms with van der Waals surface area (Å²) < 4.78 is 6.09. The molecule has 0 aliphatic rings. The number of carbonyl (C=O) groups is 1. The van der Waals surface area contributed by atoms with Crippen molar-refractivity contribution in [1.29, 1.82) is 0 Å². The van der Waals surface area contributed by atoms with Gasteiger partial charge in [0.25, 0.3) is 0 Å². The van der Waals surface area contributed by atoms with E-state index in [1.54, 1.807) is 17.8 Å². The second kappa shape index (κ2) is 4.23. The molecule has 5 nitrogen and oxygen atoms in total. The molecule has 78 valence electrons. The number of nitrogens with zero attached hydrogens (tertiary/aromatic N) is 2. The summed E-state index contributed by atoms with van der Waals surface area (Å²) in [6, 6.07) is 1.74. The molecule has 1 heterocycles. The molecule has 0 saturated heterocycles. The number of ether oxygens (including phenoxy) is 1. The van der Waals surface area contributed by atoms with Gasteiger partial charge in [-0.2, -0.15) is 5.10 Å². The Bertz CT molecular complexity index is 313. The van der Waals surface area contributed by atoms with Gasteiger partial charge in [-0.1, -0.05) is 0 Å². The van der Waals surface area contributed by atoms with Crippen LogP contribution < -0.4 is 0 Å². The predicted octanol–water partition coefficient (Wildman–Crippen LogP) is 0.325. The number of esters is 1. The molecular formula is C9H14N2O3. The van der Waals surface area contributed by atoms with Gasteiger partial charge in [0.05, 0.1) is 19.2 Å². The van der Waals surface area contributed by atoms with Crippen molar-refractivity contribution in [3.05, 3.63) is 17.5 Å². The minimum absolute atomic E-state index is 0.0625. The first-order valence-electron chi connectivity index (χ1n) is 4.30. The summed E-state index contributed by atoms with van der Waals surface area (Å²) in [5.74, 6) is -0.444. The van der Waals surface area contributed by atoms with E-state index in [0.29, 0.717) is 5.69 Å². The summed E-state index contributed by atoms with van der Waals surface area (Å²) in [4.78, 5) is 10.9. The van der Waals surface area contributed by atoms with Crippen LogP contribution in [0, 0.1) is 6.92 Å². The van der Waals surface area contributed by atoms with Gasteiger partial charge in [0.2, 0.25) is 0 Å². The molecule has 14 heavy (non-hydrogen) atoms. The van der Waals surface area contributed by atoms with Gasteiger partial charge in [-0.3, -0.25) is 9.48 Å². The van der Waals surface area contributed by atoms with Crippen LogP contribution in [0.2, 0.25) is 0 Å². The first-order valence-corrected chi connectivity index (χ1v) is 4.30. The zero-order valence-electron chi connectivity index (χ0n) is 8.52. The van der Waals surface area contributed by atoms with E-state index in [-0.39, 0.29) is 6.42 Å². The van der Waals surface area contributed by atoms with Crippen molar-refractivity contribution in [3.8, 4) is 0 Å². The molecular weight excluding hydrogens is 184 g/mol. The molecule has 1 N–H and O–H groups in total. The van der Waals surface area contributed by atoms with Crippen molar-refractivity contribution in [2.45, 2.75) is 19.4 Å². The lowest BCUT2D eigenvalue weighted by atomic mass is 10.2. The second-order valence-electron chi connectivity index (χ2n) is 3.13. The lowest BCUT2D eigenvalue weighted by molar-refractivity contribution is -0.142. The van der Waals surface area contributed by atoms with Gasteiger partial charge in [-0.25, -0.2) is 0 Å². The molecule has 0 radical (unpaired) electrons. The Morgan fingerprint density at radius 3 is 2.86 bits per heavy atom. The van der Waals surface area contributed by atoms with E-state index >= 15 is 0 Å². The molecule has 0 saturated carbocycles. The average molecular weight is 198 g/mol. The Balaban J connectivity index is 2.69. The van der Waals surface area contributed by atoms with Crippen molar-refractivity contribution < 1.29 is 14.6 Å². The molecule has 0 aromatic carbocycles. The molecule has 1 rings (SSSR count). The molecule has 1 aromatic rings. The van der Waals surface area contributed by atoms with E-state index in [0.717, 1.165) is 5.69 Å². The normalized spacial score (nSPS) is 12.6. The Morgan fingerprint density at radius 1 is 1.79 bits per heavy atom. The third-order valence-corrected chi connectivity index (χ3v) is 2.06. The van der Waals surface area contributed by atoms with Crippen LogP contribution in [0.3, 0.4) is 0 Å². The van der Waals surface area contributed by atoms with Gasteiger partial charge in [0, 0.05) is 12.7 Å². The maximum Gasteiger partial charge on any atom is 0.308 e. The Labute approximate surface area is 82.3 Å². The molecule has 0 amide bonds. The van der Waals surface area contributed by atoms with Crippen molar-refractivity contribution in [3.63, 3.8) is 0 Å². The highest BCUT2D eigenvalue weighted by molar-refractivity contribution is 5.69. The lowest BCUT2D eigenvalue weighted by Gasteiger charge is -2.04. The number of methoxy groups -OCH3 is 1. The molecule has 1 aromatic heterocycles. The van der Waals surface area contributed by atoms with Gasteiger partial charge in [0.1, 0.15) is 6.10 Å². The van der Waals surface area contributed by atoms with Gasteiger partial charge in [-0.15, -0.1) is 0 Å². The van der Waals surface area contributed by atoms with E-state index < -0.39 is 12.1 Å². The second-order valence-corrected chi connectivity index (χ2v) is 3.13. The zero-order chi connectivity index (χ0) is 10.7. The van der Waals surface area contributed by atoms with Gasteiger partial charge in [-0.05, 0) is 13.0 Å². The predicted molar refractivity (Wildman–Crippen MR) is 49.5 cm³/mol. The minimum Gasteiger partial charge on any atom is -0.469 e. The largest absolute Gasteiger partial charge is 0.469 e. The lowest BCUT2D eigenvalue weighted by Crippen LogP contribution is -2.08. The van der Waals surface area contributed by atoms with Crippen molar-refractivity contribution in [2.24, 2.45) is 7.05 Å². The van der Waals surface area contributed by atoms with Crippen LogP contribution >= 0.6 is 0 Å².